The van der Waals surface area contributed by atoms with Crippen molar-refractivity contribution in [3.63, 3.8) is 0 Å². The molecule has 88 valence electrons. The smallest absolute Gasteiger partial charge is 0.0831 e. The van der Waals surface area contributed by atoms with Gasteiger partial charge in [0.15, 0.2) is 0 Å². The van der Waals surface area contributed by atoms with Crippen molar-refractivity contribution in [1.29, 1.82) is 5.41 Å². The van der Waals surface area contributed by atoms with Gasteiger partial charge in [-0.1, -0.05) is 0 Å². The summed E-state index contributed by atoms with van der Waals surface area (Å²) in [6.45, 7) is 2.75. The third-order valence-corrected chi connectivity index (χ3v) is 1.74. The van der Waals surface area contributed by atoms with Gasteiger partial charge < -0.3 is 20.4 Å². The van der Waals surface area contributed by atoms with Crippen LogP contribution in [-0.4, -0.2) is 64.0 Å². The summed E-state index contributed by atoms with van der Waals surface area (Å²) in [5.74, 6) is 0. The van der Waals surface area contributed by atoms with Crippen molar-refractivity contribution in [2.75, 3.05) is 47.8 Å². The van der Waals surface area contributed by atoms with Crippen molar-refractivity contribution in [3.05, 3.63) is 11.9 Å². The number of hydrogen-bond donors (Lipinski definition) is 3. The first-order valence-electron chi connectivity index (χ1n) is 5.03. The molecule has 0 aromatic heterocycles. The quantitative estimate of drug-likeness (QED) is 0.384. The molecule has 15 heavy (non-hydrogen) atoms. The molecule has 0 aromatic rings. The second kappa shape index (κ2) is 8.26. The van der Waals surface area contributed by atoms with Gasteiger partial charge in [0.25, 0.3) is 0 Å². The van der Waals surface area contributed by atoms with Gasteiger partial charge in [0.2, 0.25) is 0 Å². The van der Waals surface area contributed by atoms with Crippen LogP contribution in [0.4, 0.5) is 0 Å². The molecule has 0 heterocycles. The molecule has 0 saturated heterocycles. The van der Waals surface area contributed by atoms with E-state index >= 15 is 0 Å². The SMILES string of the molecule is CN(C)CCN/C(=C\NC=N)CN(C)C. The first kappa shape index (κ1) is 13.9. The molecule has 0 aliphatic heterocycles. The van der Waals surface area contributed by atoms with Crippen LogP contribution in [0.3, 0.4) is 0 Å². The van der Waals surface area contributed by atoms with Gasteiger partial charge in [-0.25, -0.2) is 0 Å². The lowest BCUT2D eigenvalue weighted by molar-refractivity contribution is 0.394. The largest absolute Gasteiger partial charge is 0.385 e. The minimum atomic E-state index is 0.842. The van der Waals surface area contributed by atoms with Gasteiger partial charge in [-0.05, 0) is 28.2 Å². The Hall–Kier alpha value is -1.07. The first-order valence-corrected chi connectivity index (χ1v) is 5.03. The number of rotatable bonds is 8. The van der Waals surface area contributed by atoms with E-state index in [-0.39, 0.29) is 0 Å². The monoisotopic (exact) mass is 213 g/mol. The van der Waals surface area contributed by atoms with Crippen molar-refractivity contribution in [2.45, 2.75) is 0 Å². The van der Waals surface area contributed by atoms with E-state index in [1.807, 2.05) is 34.4 Å². The Morgan fingerprint density at radius 1 is 1.20 bits per heavy atom. The zero-order chi connectivity index (χ0) is 11.7. The van der Waals surface area contributed by atoms with Crippen LogP contribution >= 0.6 is 0 Å². The van der Waals surface area contributed by atoms with Crippen LogP contribution in [0, 0.1) is 5.41 Å². The molecule has 0 atom stereocenters. The summed E-state index contributed by atoms with van der Waals surface area (Å²) in [6.07, 6.45) is 2.99. The molecule has 0 rings (SSSR count). The third-order valence-electron chi connectivity index (χ3n) is 1.74. The van der Waals surface area contributed by atoms with Crippen LogP contribution in [-0.2, 0) is 0 Å². The van der Waals surface area contributed by atoms with Gasteiger partial charge in [0, 0.05) is 31.5 Å². The highest BCUT2D eigenvalue weighted by Crippen LogP contribution is 1.89. The zero-order valence-electron chi connectivity index (χ0n) is 10.2. The molecule has 5 nitrogen and oxygen atoms in total. The molecule has 0 aliphatic carbocycles. The normalized spacial score (nSPS) is 12.0. The summed E-state index contributed by atoms with van der Waals surface area (Å²) >= 11 is 0. The molecule has 0 bridgehead atoms. The fourth-order valence-electron chi connectivity index (χ4n) is 1.08. The zero-order valence-corrected chi connectivity index (χ0v) is 10.2. The van der Waals surface area contributed by atoms with Gasteiger partial charge in [-0.3, -0.25) is 5.41 Å². The van der Waals surface area contributed by atoms with Gasteiger partial charge >= 0.3 is 0 Å². The van der Waals surface area contributed by atoms with Crippen molar-refractivity contribution >= 4 is 6.34 Å². The van der Waals surface area contributed by atoms with E-state index in [0.717, 1.165) is 25.3 Å². The van der Waals surface area contributed by atoms with E-state index in [4.69, 9.17) is 5.41 Å². The minimum Gasteiger partial charge on any atom is -0.385 e. The van der Waals surface area contributed by atoms with Crippen LogP contribution < -0.4 is 10.6 Å². The molecule has 0 fully saturated rings. The molecule has 5 heteroatoms. The Kier molecular flexibility index (Phi) is 7.67. The van der Waals surface area contributed by atoms with Crippen LogP contribution in [0.25, 0.3) is 0 Å². The van der Waals surface area contributed by atoms with E-state index in [9.17, 15) is 0 Å². The lowest BCUT2D eigenvalue weighted by Crippen LogP contribution is -2.31. The first-order chi connectivity index (χ1) is 7.06. The summed E-state index contributed by atoms with van der Waals surface area (Å²) in [5, 5.41) is 13.0. The molecule has 0 amide bonds. The van der Waals surface area contributed by atoms with E-state index in [1.165, 1.54) is 6.34 Å². The molecular weight excluding hydrogens is 190 g/mol. The number of likely N-dealkylation sites (N-methyl/N-ethyl adjacent to an activating group) is 2. The Morgan fingerprint density at radius 3 is 2.33 bits per heavy atom. The van der Waals surface area contributed by atoms with Crippen molar-refractivity contribution < 1.29 is 0 Å². The van der Waals surface area contributed by atoms with Gasteiger partial charge in [-0.2, -0.15) is 0 Å². The maximum atomic E-state index is 6.89. The number of hydrogen-bond acceptors (Lipinski definition) is 4. The van der Waals surface area contributed by atoms with E-state index < -0.39 is 0 Å². The Labute approximate surface area is 92.6 Å². The van der Waals surface area contributed by atoms with Crippen LogP contribution in [0.5, 0.6) is 0 Å². The van der Waals surface area contributed by atoms with Crippen LogP contribution in [0.2, 0.25) is 0 Å². The maximum absolute atomic E-state index is 6.89. The second-order valence-corrected chi connectivity index (χ2v) is 3.95. The maximum Gasteiger partial charge on any atom is 0.0831 e. The average molecular weight is 213 g/mol. The predicted octanol–water partition coefficient (Wildman–Crippen LogP) is -0.263. The van der Waals surface area contributed by atoms with E-state index in [1.54, 1.807) is 0 Å². The van der Waals surface area contributed by atoms with Gasteiger partial charge in [-0.15, -0.1) is 0 Å². The topological polar surface area (TPSA) is 54.4 Å². The van der Waals surface area contributed by atoms with Crippen molar-refractivity contribution in [1.82, 2.24) is 20.4 Å². The minimum absolute atomic E-state index is 0.842. The lowest BCUT2D eigenvalue weighted by Gasteiger charge is -2.17. The Morgan fingerprint density at radius 2 is 1.87 bits per heavy atom. The molecule has 0 spiro atoms. The molecule has 0 aliphatic rings. The summed E-state index contributed by atoms with van der Waals surface area (Å²) in [7, 11) is 8.14. The molecule has 0 saturated carbocycles. The molecule has 0 unspecified atom stereocenters. The predicted molar refractivity (Wildman–Crippen MR) is 65.1 cm³/mol. The summed E-state index contributed by atoms with van der Waals surface area (Å²) in [4.78, 5) is 4.21. The highest BCUT2D eigenvalue weighted by atomic mass is 15.1. The lowest BCUT2D eigenvalue weighted by atomic mass is 10.4. The van der Waals surface area contributed by atoms with Crippen molar-refractivity contribution in [3.8, 4) is 0 Å². The van der Waals surface area contributed by atoms with Crippen molar-refractivity contribution in [2.24, 2.45) is 0 Å². The van der Waals surface area contributed by atoms with Gasteiger partial charge in [0.05, 0.1) is 6.34 Å². The molecule has 0 radical (unpaired) electrons. The van der Waals surface area contributed by atoms with Gasteiger partial charge in [0.1, 0.15) is 0 Å². The molecule has 3 N–H and O–H groups in total. The van der Waals surface area contributed by atoms with Crippen LogP contribution in [0.15, 0.2) is 11.9 Å². The standard InChI is InChI=1S/C10H23N5/c1-14(2)6-5-13-10(7-12-9-11)8-15(3)4/h7,9,13H,5-6,8H2,1-4H3,(H2,11,12)/b10-7-. The highest BCUT2D eigenvalue weighted by molar-refractivity contribution is 5.51. The van der Waals surface area contributed by atoms with E-state index in [2.05, 4.69) is 20.4 Å². The molecular formula is C10H23N5. The fraction of sp³-hybridized carbons (Fsp3) is 0.700. The molecule has 0 aromatic carbocycles. The number of nitrogens with one attached hydrogen (secondary N) is 3. The second-order valence-electron chi connectivity index (χ2n) is 3.95. The van der Waals surface area contributed by atoms with Crippen LogP contribution in [0.1, 0.15) is 0 Å². The Bertz CT molecular complexity index is 198. The van der Waals surface area contributed by atoms with E-state index in [0.29, 0.717) is 0 Å². The Balaban J connectivity index is 3.95. The highest BCUT2D eigenvalue weighted by Gasteiger charge is 1.98. The summed E-state index contributed by atoms with van der Waals surface area (Å²) < 4.78 is 0. The average Bonchev–Trinajstić information content (AvgIpc) is 2.12. The third kappa shape index (κ3) is 9.24. The summed E-state index contributed by atoms with van der Waals surface area (Å²) in [6, 6.07) is 0. The summed E-state index contributed by atoms with van der Waals surface area (Å²) in [5.41, 5.74) is 1.09. The number of nitrogens with zero attached hydrogens (tertiary/aromatic N) is 2. The fourth-order valence-corrected chi connectivity index (χ4v) is 1.08.